The van der Waals surface area contributed by atoms with Crippen LogP contribution in [0.15, 0.2) is 24.3 Å². The highest BCUT2D eigenvalue weighted by molar-refractivity contribution is 5.25. The predicted molar refractivity (Wildman–Crippen MR) is 91.6 cm³/mol. The van der Waals surface area contributed by atoms with Gasteiger partial charge in [0.2, 0.25) is 0 Å². The lowest BCUT2D eigenvalue weighted by Gasteiger charge is -2.46. The van der Waals surface area contributed by atoms with Crippen molar-refractivity contribution in [2.75, 3.05) is 13.6 Å². The third-order valence-corrected chi connectivity index (χ3v) is 5.40. The maximum atomic E-state index is 3.54. The van der Waals surface area contributed by atoms with Crippen molar-refractivity contribution < 1.29 is 0 Å². The summed E-state index contributed by atoms with van der Waals surface area (Å²) in [6.07, 6.45) is 1.36. The second-order valence-electron chi connectivity index (χ2n) is 7.17. The van der Waals surface area contributed by atoms with Gasteiger partial charge in [-0.05, 0) is 51.6 Å². The SMILES string of the molecule is CNC(c1ccc(C)cc1)C(C)N1CC(C)CC(C)C1C. The summed E-state index contributed by atoms with van der Waals surface area (Å²) in [5.41, 5.74) is 2.73. The Morgan fingerprint density at radius 3 is 2.33 bits per heavy atom. The fourth-order valence-electron chi connectivity index (χ4n) is 3.95. The van der Waals surface area contributed by atoms with E-state index in [4.69, 9.17) is 0 Å². The molecule has 1 fully saturated rings. The summed E-state index contributed by atoms with van der Waals surface area (Å²) in [6, 6.07) is 10.6. The fourth-order valence-corrected chi connectivity index (χ4v) is 3.95. The second kappa shape index (κ2) is 6.93. The summed E-state index contributed by atoms with van der Waals surface area (Å²) in [4.78, 5) is 2.71. The number of aryl methyl sites for hydroxylation is 1. The number of likely N-dealkylation sites (N-methyl/N-ethyl adjacent to an activating group) is 1. The Labute approximate surface area is 130 Å². The molecule has 0 saturated carbocycles. The molecule has 0 aromatic heterocycles. The topological polar surface area (TPSA) is 15.3 Å². The molecule has 2 nitrogen and oxygen atoms in total. The first-order valence-corrected chi connectivity index (χ1v) is 8.43. The molecule has 0 radical (unpaired) electrons. The van der Waals surface area contributed by atoms with E-state index in [1.54, 1.807) is 0 Å². The Kier molecular flexibility index (Phi) is 5.45. The average molecular weight is 288 g/mol. The van der Waals surface area contributed by atoms with E-state index in [0.717, 1.165) is 11.8 Å². The monoisotopic (exact) mass is 288 g/mol. The molecule has 0 aliphatic carbocycles. The van der Waals surface area contributed by atoms with Gasteiger partial charge in [-0.3, -0.25) is 4.90 Å². The van der Waals surface area contributed by atoms with Gasteiger partial charge in [-0.15, -0.1) is 0 Å². The van der Waals surface area contributed by atoms with Crippen molar-refractivity contribution >= 4 is 0 Å². The zero-order valence-corrected chi connectivity index (χ0v) is 14.6. The second-order valence-corrected chi connectivity index (χ2v) is 7.17. The van der Waals surface area contributed by atoms with Crippen LogP contribution in [-0.2, 0) is 0 Å². The molecule has 0 spiro atoms. The van der Waals surface area contributed by atoms with Gasteiger partial charge in [-0.25, -0.2) is 0 Å². The molecule has 118 valence electrons. The summed E-state index contributed by atoms with van der Waals surface area (Å²) in [6.45, 7) is 12.9. The Morgan fingerprint density at radius 1 is 1.14 bits per heavy atom. The Bertz CT molecular complexity index is 439. The number of benzene rings is 1. The quantitative estimate of drug-likeness (QED) is 0.900. The van der Waals surface area contributed by atoms with E-state index in [1.165, 1.54) is 24.1 Å². The number of hydrogen-bond donors (Lipinski definition) is 1. The number of nitrogens with zero attached hydrogens (tertiary/aromatic N) is 1. The van der Waals surface area contributed by atoms with Crippen molar-refractivity contribution in [3.05, 3.63) is 35.4 Å². The summed E-state index contributed by atoms with van der Waals surface area (Å²) < 4.78 is 0. The highest BCUT2D eigenvalue weighted by atomic mass is 15.2. The predicted octanol–water partition coefficient (Wildman–Crippen LogP) is 4.01. The van der Waals surface area contributed by atoms with Gasteiger partial charge in [0, 0.05) is 24.7 Å². The molecule has 0 amide bonds. The van der Waals surface area contributed by atoms with Gasteiger partial charge in [0.25, 0.3) is 0 Å². The first-order chi connectivity index (χ1) is 9.93. The van der Waals surface area contributed by atoms with Crippen LogP contribution in [0, 0.1) is 18.8 Å². The van der Waals surface area contributed by atoms with E-state index in [1.807, 2.05) is 0 Å². The van der Waals surface area contributed by atoms with E-state index >= 15 is 0 Å². The number of nitrogens with one attached hydrogen (secondary N) is 1. The number of piperidine rings is 1. The standard InChI is InChI=1S/C19H32N2/c1-13-7-9-18(10-8-13)19(20-6)17(5)21-12-14(2)11-15(3)16(21)4/h7-10,14-17,19-20H,11-12H2,1-6H3. The zero-order chi connectivity index (χ0) is 15.6. The summed E-state index contributed by atoms with van der Waals surface area (Å²) >= 11 is 0. The maximum absolute atomic E-state index is 3.54. The van der Waals surface area contributed by atoms with Gasteiger partial charge in [-0.2, -0.15) is 0 Å². The normalized spacial score (nSPS) is 30.1. The number of hydrogen-bond acceptors (Lipinski definition) is 2. The molecule has 1 heterocycles. The van der Waals surface area contributed by atoms with Gasteiger partial charge in [0.1, 0.15) is 0 Å². The van der Waals surface area contributed by atoms with E-state index in [9.17, 15) is 0 Å². The van der Waals surface area contributed by atoms with Gasteiger partial charge in [0.05, 0.1) is 0 Å². The Balaban J connectivity index is 2.18. The molecule has 1 saturated heterocycles. The number of rotatable bonds is 4. The Morgan fingerprint density at radius 2 is 1.76 bits per heavy atom. The Hall–Kier alpha value is -0.860. The smallest absolute Gasteiger partial charge is 0.0473 e. The molecular weight excluding hydrogens is 256 g/mol. The summed E-state index contributed by atoms with van der Waals surface area (Å²) in [5, 5.41) is 3.54. The van der Waals surface area contributed by atoms with E-state index in [-0.39, 0.29) is 0 Å². The van der Waals surface area contributed by atoms with E-state index in [2.05, 4.69) is 76.1 Å². The minimum absolute atomic E-state index is 0.394. The van der Waals surface area contributed by atoms with Crippen molar-refractivity contribution in [2.24, 2.45) is 11.8 Å². The van der Waals surface area contributed by atoms with Crippen LogP contribution in [0.5, 0.6) is 0 Å². The lowest BCUT2D eigenvalue weighted by atomic mass is 9.83. The molecule has 2 heteroatoms. The van der Waals surface area contributed by atoms with Gasteiger partial charge < -0.3 is 5.32 Å². The van der Waals surface area contributed by atoms with Crippen molar-refractivity contribution in [3.63, 3.8) is 0 Å². The summed E-state index contributed by atoms with van der Waals surface area (Å²) in [7, 11) is 2.09. The van der Waals surface area contributed by atoms with E-state index in [0.29, 0.717) is 18.1 Å². The molecule has 1 aliphatic heterocycles. The first kappa shape index (κ1) is 16.5. The highest BCUT2D eigenvalue weighted by Crippen LogP contribution is 2.32. The fraction of sp³-hybridized carbons (Fsp3) is 0.684. The molecule has 1 aliphatic rings. The maximum Gasteiger partial charge on any atom is 0.0473 e. The lowest BCUT2D eigenvalue weighted by Crippen LogP contribution is -2.53. The third-order valence-electron chi connectivity index (χ3n) is 5.40. The van der Waals surface area contributed by atoms with Crippen molar-refractivity contribution in [1.29, 1.82) is 0 Å². The minimum atomic E-state index is 0.394. The van der Waals surface area contributed by atoms with Gasteiger partial charge >= 0.3 is 0 Å². The lowest BCUT2D eigenvalue weighted by molar-refractivity contribution is 0.0327. The molecule has 1 N–H and O–H groups in total. The molecule has 1 aromatic rings. The molecule has 5 atom stereocenters. The van der Waals surface area contributed by atoms with Crippen LogP contribution in [0.1, 0.15) is 51.3 Å². The van der Waals surface area contributed by atoms with Crippen molar-refractivity contribution in [1.82, 2.24) is 10.2 Å². The molecule has 0 bridgehead atoms. The average Bonchev–Trinajstić information content (AvgIpc) is 2.45. The van der Waals surface area contributed by atoms with Gasteiger partial charge in [0.15, 0.2) is 0 Å². The zero-order valence-electron chi connectivity index (χ0n) is 14.6. The van der Waals surface area contributed by atoms with Crippen LogP contribution < -0.4 is 5.32 Å². The van der Waals surface area contributed by atoms with Crippen molar-refractivity contribution in [3.8, 4) is 0 Å². The van der Waals surface area contributed by atoms with Crippen LogP contribution in [0.3, 0.4) is 0 Å². The van der Waals surface area contributed by atoms with E-state index < -0.39 is 0 Å². The number of likely N-dealkylation sites (tertiary alicyclic amines) is 1. The molecule has 1 aromatic carbocycles. The van der Waals surface area contributed by atoms with Crippen LogP contribution in [0.2, 0.25) is 0 Å². The third kappa shape index (κ3) is 3.67. The van der Waals surface area contributed by atoms with Crippen LogP contribution in [0.25, 0.3) is 0 Å². The van der Waals surface area contributed by atoms with Crippen LogP contribution in [-0.4, -0.2) is 30.6 Å². The first-order valence-electron chi connectivity index (χ1n) is 8.43. The highest BCUT2D eigenvalue weighted by Gasteiger charge is 2.34. The molecule has 5 unspecified atom stereocenters. The molecule has 2 rings (SSSR count). The molecule has 21 heavy (non-hydrogen) atoms. The van der Waals surface area contributed by atoms with Crippen molar-refractivity contribution in [2.45, 2.75) is 59.2 Å². The largest absolute Gasteiger partial charge is 0.312 e. The molecular formula is C19H32N2. The van der Waals surface area contributed by atoms with Crippen LogP contribution in [0.4, 0.5) is 0 Å². The van der Waals surface area contributed by atoms with Crippen LogP contribution >= 0.6 is 0 Å². The van der Waals surface area contributed by atoms with Gasteiger partial charge in [-0.1, -0.05) is 43.7 Å². The summed E-state index contributed by atoms with van der Waals surface area (Å²) in [5.74, 6) is 1.58. The minimum Gasteiger partial charge on any atom is -0.312 e.